The van der Waals surface area contributed by atoms with Crippen molar-refractivity contribution in [2.75, 3.05) is 23.5 Å². The molecule has 7 nitrogen and oxygen atoms in total. The second kappa shape index (κ2) is 14.0. The number of carbonyl (C=O) groups excluding carboxylic acids is 3. The average molecular weight is 588 g/mol. The minimum atomic E-state index is -0.484. The van der Waals surface area contributed by atoms with Crippen molar-refractivity contribution in [1.29, 1.82) is 0 Å². The zero-order valence-corrected chi connectivity index (χ0v) is 24.2. The summed E-state index contributed by atoms with van der Waals surface area (Å²) in [7, 11) is 1.56. The van der Waals surface area contributed by atoms with Crippen LogP contribution in [0, 0.1) is 0 Å². The third kappa shape index (κ3) is 7.90. The molecule has 0 aliphatic carbocycles. The predicted molar refractivity (Wildman–Crippen MR) is 173 cm³/mol. The van der Waals surface area contributed by atoms with Gasteiger partial charge < -0.3 is 20.7 Å². The fourth-order valence-electron chi connectivity index (χ4n) is 4.34. The lowest BCUT2D eigenvalue weighted by atomic mass is 10.1. The number of rotatable bonds is 10. The highest BCUT2D eigenvalue weighted by molar-refractivity contribution is 8.00. The van der Waals surface area contributed by atoms with E-state index in [9.17, 15) is 14.4 Å². The van der Waals surface area contributed by atoms with Crippen LogP contribution in [0.25, 0.3) is 16.8 Å². The smallest absolute Gasteiger partial charge is 0.272 e. The lowest BCUT2D eigenvalue weighted by Gasteiger charge is -2.12. The van der Waals surface area contributed by atoms with Gasteiger partial charge in [0.2, 0.25) is 5.91 Å². The third-order valence-electron chi connectivity index (χ3n) is 6.48. The molecule has 0 spiro atoms. The van der Waals surface area contributed by atoms with Gasteiger partial charge in [0, 0.05) is 27.2 Å². The van der Waals surface area contributed by atoms with E-state index in [0.29, 0.717) is 22.6 Å². The number of benzene rings is 5. The number of anilines is 2. The molecule has 8 heteroatoms. The van der Waals surface area contributed by atoms with E-state index >= 15 is 0 Å². The second-order valence-electron chi connectivity index (χ2n) is 9.50. The molecule has 0 unspecified atom stereocenters. The second-order valence-corrected chi connectivity index (χ2v) is 10.5. The lowest BCUT2D eigenvalue weighted by molar-refractivity contribution is -0.114. The Labute approximate surface area is 254 Å². The monoisotopic (exact) mass is 587 g/mol. The summed E-state index contributed by atoms with van der Waals surface area (Å²) in [5, 5.41) is 10.6. The van der Waals surface area contributed by atoms with Crippen molar-refractivity contribution < 1.29 is 19.1 Å². The van der Waals surface area contributed by atoms with Gasteiger partial charge in [-0.05, 0) is 71.6 Å². The van der Waals surface area contributed by atoms with Crippen LogP contribution in [-0.2, 0) is 9.59 Å². The molecule has 5 aromatic carbocycles. The Morgan fingerprint density at radius 3 is 2.28 bits per heavy atom. The van der Waals surface area contributed by atoms with Crippen LogP contribution in [0.2, 0.25) is 0 Å². The van der Waals surface area contributed by atoms with E-state index in [4.69, 9.17) is 4.74 Å². The first-order chi connectivity index (χ1) is 21.0. The summed E-state index contributed by atoms with van der Waals surface area (Å²) in [6, 6.07) is 36.8. The average Bonchev–Trinajstić information content (AvgIpc) is 3.04. The number of hydrogen-bond donors (Lipinski definition) is 3. The molecule has 0 saturated heterocycles. The Hall–Kier alpha value is -5.34. The fraction of sp³-hybridized carbons (Fsp3) is 0.0571. The van der Waals surface area contributed by atoms with Gasteiger partial charge in [0.15, 0.2) is 0 Å². The first-order valence-corrected chi connectivity index (χ1v) is 14.5. The number of fused-ring (bicyclic) bond motifs is 1. The van der Waals surface area contributed by atoms with Crippen molar-refractivity contribution in [2.45, 2.75) is 4.90 Å². The van der Waals surface area contributed by atoms with Crippen molar-refractivity contribution in [3.63, 3.8) is 0 Å². The van der Waals surface area contributed by atoms with Gasteiger partial charge in [-0.15, -0.1) is 11.8 Å². The minimum absolute atomic E-state index is 0.0747. The molecule has 0 aromatic heterocycles. The van der Waals surface area contributed by atoms with E-state index in [1.807, 2.05) is 66.7 Å². The van der Waals surface area contributed by atoms with Gasteiger partial charge in [0.25, 0.3) is 11.8 Å². The molecule has 0 saturated carbocycles. The van der Waals surface area contributed by atoms with Crippen molar-refractivity contribution in [2.24, 2.45) is 0 Å². The summed E-state index contributed by atoms with van der Waals surface area (Å²) in [4.78, 5) is 39.7. The molecule has 0 radical (unpaired) electrons. The highest BCUT2D eigenvalue weighted by atomic mass is 32.2. The fourth-order valence-corrected chi connectivity index (χ4v) is 5.04. The maximum Gasteiger partial charge on any atom is 0.272 e. The summed E-state index contributed by atoms with van der Waals surface area (Å²) >= 11 is 1.39. The van der Waals surface area contributed by atoms with E-state index in [1.54, 1.807) is 67.8 Å². The van der Waals surface area contributed by atoms with Crippen molar-refractivity contribution in [1.82, 2.24) is 5.32 Å². The highest BCUT2D eigenvalue weighted by Crippen LogP contribution is 2.25. The Balaban J connectivity index is 1.23. The van der Waals surface area contributed by atoms with Gasteiger partial charge in [-0.25, -0.2) is 0 Å². The maximum atomic E-state index is 13.3. The molecule has 5 rings (SSSR count). The summed E-state index contributed by atoms with van der Waals surface area (Å²) in [5.41, 5.74) is 2.51. The number of thioether (sulfide) groups is 1. The Kier molecular flexibility index (Phi) is 9.51. The first kappa shape index (κ1) is 29.2. The van der Waals surface area contributed by atoms with Crippen molar-refractivity contribution >= 4 is 57.7 Å². The number of carbonyl (C=O) groups is 3. The van der Waals surface area contributed by atoms with Crippen molar-refractivity contribution in [3.8, 4) is 5.75 Å². The largest absolute Gasteiger partial charge is 0.497 e. The highest BCUT2D eigenvalue weighted by Gasteiger charge is 2.15. The van der Waals surface area contributed by atoms with Crippen LogP contribution in [0.3, 0.4) is 0 Å². The van der Waals surface area contributed by atoms with Crippen molar-refractivity contribution in [3.05, 3.63) is 138 Å². The van der Waals surface area contributed by atoms with Crippen LogP contribution in [0.5, 0.6) is 5.75 Å². The van der Waals surface area contributed by atoms with Crippen LogP contribution < -0.4 is 20.7 Å². The number of nitrogens with one attached hydrogen (secondary N) is 3. The van der Waals surface area contributed by atoms with Crippen LogP contribution >= 0.6 is 11.8 Å². The van der Waals surface area contributed by atoms with E-state index < -0.39 is 11.8 Å². The van der Waals surface area contributed by atoms with Crippen LogP contribution in [0.4, 0.5) is 11.4 Å². The zero-order chi connectivity index (χ0) is 30.0. The molecule has 0 bridgehead atoms. The zero-order valence-electron chi connectivity index (χ0n) is 23.4. The Bertz CT molecular complexity index is 1780. The molecule has 3 N–H and O–H groups in total. The van der Waals surface area contributed by atoms with Gasteiger partial charge in [-0.1, -0.05) is 66.7 Å². The number of methoxy groups -OCH3 is 1. The topological polar surface area (TPSA) is 96.5 Å². The van der Waals surface area contributed by atoms with E-state index in [1.165, 1.54) is 11.8 Å². The molecule has 214 valence electrons. The quantitative estimate of drug-likeness (QED) is 0.121. The molecule has 0 fully saturated rings. The van der Waals surface area contributed by atoms with E-state index in [0.717, 1.165) is 21.4 Å². The van der Waals surface area contributed by atoms with Gasteiger partial charge >= 0.3 is 0 Å². The molecule has 0 heterocycles. The molecule has 0 aliphatic heterocycles. The van der Waals surface area contributed by atoms with Gasteiger partial charge in [-0.2, -0.15) is 0 Å². The van der Waals surface area contributed by atoms with E-state index in [-0.39, 0.29) is 17.4 Å². The molecule has 3 amide bonds. The summed E-state index contributed by atoms with van der Waals surface area (Å²) < 4.78 is 5.29. The normalized spacial score (nSPS) is 11.0. The van der Waals surface area contributed by atoms with Gasteiger partial charge in [-0.3, -0.25) is 14.4 Å². The lowest BCUT2D eigenvalue weighted by Crippen LogP contribution is -2.30. The number of ether oxygens (including phenoxy) is 1. The molecule has 0 aliphatic rings. The van der Waals surface area contributed by atoms with Gasteiger partial charge in [0.1, 0.15) is 11.4 Å². The molecule has 5 aromatic rings. The molecule has 0 atom stereocenters. The van der Waals surface area contributed by atoms with E-state index in [2.05, 4.69) is 16.0 Å². The Morgan fingerprint density at radius 2 is 1.49 bits per heavy atom. The van der Waals surface area contributed by atoms with Crippen LogP contribution in [0.15, 0.2) is 132 Å². The molecule has 43 heavy (non-hydrogen) atoms. The maximum absolute atomic E-state index is 13.3. The standard InChI is InChI=1S/C35H29N3O4S/c1-42-28-14-7-9-24(21-28)22-32(38-34(40)26-11-3-2-4-12-26)35(41)36-27-17-19-29(20-18-27)43-23-33(39)37-31-16-8-13-25-10-5-6-15-30(25)31/h2-22H,23H2,1H3,(H,36,41)(H,37,39)(H,38,40)/b32-22-. The Morgan fingerprint density at radius 1 is 0.767 bits per heavy atom. The molecular formula is C35H29N3O4S. The first-order valence-electron chi connectivity index (χ1n) is 13.5. The summed E-state index contributed by atoms with van der Waals surface area (Å²) in [5.74, 6) is -0.143. The summed E-state index contributed by atoms with van der Waals surface area (Å²) in [6.45, 7) is 0. The third-order valence-corrected chi connectivity index (χ3v) is 7.49. The molecular weight excluding hydrogens is 558 g/mol. The van der Waals surface area contributed by atoms with Crippen LogP contribution in [-0.4, -0.2) is 30.6 Å². The van der Waals surface area contributed by atoms with Crippen LogP contribution in [0.1, 0.15) is 15.9 Å². The van der Waals surface area contributed by atoms with Gasteiger partial charge in [0.05, 0.1) is 12.9 Å². The predicted octanol–water partition coefficient (Wildman–Crippen LogP) is 6.99. The minimum Gasteiger partial charge on any atom is -0.497 e. The summed E-state index contributed by atoms with van der Waals surface area (Å²) in [6.07, 6.45) is 1.59. The number of hydrogen-bond acceptors (Lipinski definition) is 5. The number of amides is 3. The SMILES string of the molecule is COc1cccc(/C=C(\NC(=O)c2ccccc2)C(=O)Nc2ccc(SCC(=O)Nc3cccc4ccccc34)cc2)c1.